The van der Waals surface area contributed by atoms with Gasteiger partial charge in [-0.3, -0.25) is 4.79 Å². The number of piperidine rings is 1. The van der Waals surface area contributed by atoms with Crippen LogP contribution in [0.2, 0.25) is 0 Å². The third-order valence-electron chi connectivity index (χ3n) is 5.45. The Bertz CT molecular complexity index is 641. The van der Waals surface area contributed by atoms with Crippen LogP contribution in [0.4, 0.5) is 0 Å². The van der Waals surface area contributed by atoms with Gasteiger partial charge in [-0.05, 0) is 44.5 Å². The molecule has 2 atom stereocenters. The minimum Gasteiger partial charge on any atom is -0.394 e. The molecule has 2 saturated heterocycles. The number of hydrogen-bond donors (Lipinski definition) is 2. The number of aliphatic hydroxyl groups is 1. The number of thiophene rings is 1. The molecule has 2 fully saturated rings. The van der Waals surface area contributed by atoms with Gasteiger partial charge in [-0.25, -0.2) is 0 Å². The molecule has 0 radical (unpaired) electrons. The lowest BCUT2D eigenvalue weighted by atomic mass is 9.83. The molecule has 2 N–H and O–H groups in total. The van der Waals surface area contributed by atoms with E-state index >= 15 is 0 Å². The average molecular weight is 366 g/mol. The molecule has 0 unspecified atom stereocenters. The predicted molar refractivity (Wildman–Crippen MR) is 95.1 cm³/mol. The number of morpholine rings is 1. The second-order valence-electron chi connectivity index (χ2n) is 7.25. The van der Waals surface area contributed by atoms with Crippen molar-refractivity contribution in [3.8, 4) is 0 Å². The predicted octanol–water partition coefficient (Wildman–Crippen LogP) is 1.12. The van der Waals surface area contributed by atoms with Gasteiger partial charge in [0, 0.05) is 24.4 Å². The van der Waals surface area contributed by atoms with Gasteiger partial charge in [0.25, 0.3) is 5.91 Å². The highest BCUT2D eigenvalue weighted by Gasteiger charge is 2.41. The molecule has 1 aromatic rings. The Kier molecular flexibility index (Phi) is 4.85. The molecule has 0 bridgehead atoms. The highest BCUT2D eigenvalue weighted by atomic mass is 32.1. The van der Waals surface area contributed by atoms with E-state index in [9.17, 15) is 9.90 Å². The summed E-state index contributed by atoms with van der Waals surface area (Å²) in [4.78, 5) is 17.0. The zero-order chi connectivity index (χ0) is 17.4. The smallest absolute Gasteiger partial charge is 0.264 e. The monoisotopic (exact) mass is 366 g/mol. The Morgan fingerprint density at radius 1 is 1.44 bits per heavy atom. The summed E-state index contributed by atoms with van der Waals surface area (Å²) >= 11 is 1.62. The number of fused-ring (bicyclic) bond motifs is 2. The molecular weight excluding hydrogens is 340 g/mol. The molecular formula is C18H26N2O4S. The number of nitrogens with zero attached hydrogens (tertiary/aromatic N) is 1. The van der Waals surface area contributed by atoms with E-state index in [-0.39, 0.29) is 30.3 Å². The Balaban J connectivity index is 1.58. The number of hydrogen-bond acceptors (Lipinski definition) is 6. The molecule has 25 heavy (non-hydrogen) atoms. The van der Waals surface area contributed by atoms with E-state index in [1.54, 1.807) is 11.3 Å². The number of ether oxygens (including phenoxy) is 2. The van der Waals surface area contributed by atoms with Crippen LogP contribution in [-0.2, 0) is 21.5 Å². The van der Waals surface area contributed by atoms with Gasteiger partial charge in [-0.1, -0.05) is 0 Å². The fourth-order valence-electron chi connectivity index (χ4n) is 4.23. The Hall–Kier alpha value is -0.990. The largest absolute Gasteiger partial charge is 0.394 e. The first kappa shape index (κ1) is 17.4. The molecule has 138 valence electrons. The fourth-order valence-corrected chi connectivity index (χ4v) is 5.43. The summed E-state index contributed by atoms with van der Waals surface area (Å²) in [7, 11) is 0. The summed E-state index contributed by atoms with van der Waals surface area (Å²) in [5, 5.41) is 12.8. The van der Waals surface area contributed by atoms with Crippen molar-refractivity contribution in [2.45, 2.75) is 44.0 Å². The topological polar surface area (TPSA) is 71.0 Å². The molecule has 4 heterocycles. The summed E-state index contributed by atoms with van der Waals surface area (Å²) in [5.74, 6) is 0.0529. The lowest BCUT2D eigenvalue weighted by molar-refractivity contribution is -0.0858. The second-order valence-corrected chi connectivity index (χ2v) is 8.39. The van der Waals surface area contributed by atoms with Crippen LogP contribution in [0.3, 0.4) is 0 Å². The highest BCUT2D eigenvalue weighted by molar-refractivity contribution is 7.14. The van der Waals surface area contributed by atoms with Crippen molar-refractivity contribution in [2.24, 2.45) is 0 Å². The van der Waals surface area contributed by atoms with Gasteiger partial charge < -0.3 is 24.8 Å². The first-order valence-corrected chi connectivity index (χ1v) is 9.96. The Labute approximate surface area is 152 Å². The van der Waals surface area contributed by atoms with E-state index in [4.69, 9.17) is 9.47 Å². The fraction of sp³-hybridized carbons (Fsp3) is 0.722. The SMILES string of the molecule is C[C@H]1CN(C(=O)c2cc3c(s2)CCOC32CCNCC2)C[C@@H](CO)O1. The van der Waals surface area contributed by atoms with Crippen LogP contribution in [0.25, 0.3) is 0 Å². The minimum atomic E-state index is -0.290. The maximum absolute atomic E-state index is 13.0. The summed E-state index contributed by atoms with van der Waals surface area (Å²) in [6.07, 6.45) is 2.48. The molecule has 4 rings (SSSR count). The number of aliphatic hydroxyl groups excluding tert-OH is 1. The maximum Gasteiger partial charge on any atom is 0.264 e. The number of amides is 1. The zero-order valence-corrected chi connectivity index (χ0v) is 15.4. The van der Waals surface area contributed by atoms with Crippen LogP contribution in [-0.4, -0.2) is 67.5 Å². The van der Waals surface area contributed by atoms with E-state index in [1.807, 2.05) is 11.8 Å². The number of nitrogens with one attached hydrogen (secondary N) is 1. The molecule has 7 heteroatoms. The molecule has 3 aliphatic heterocycles. The molecule has 0 aromatic carbocycles. The van der Waals surface area contributed by atoms with Gasteiger partial charge in [0.05, 0.1) is 35.9 Å². The summed E-state index contributed by atoms with van der Waals surface area (Å²) < 4.78 is 11.9. The highest BCUT2D eigenvalue weighted by Crippen LogP contribution is 2.43. The average Bonchev–Trinajstić information content (AvgIpc) is 3.07. The zero-order valence-electron chi connectivity index (χ0n) is 14.6. The second kappa shape index (κ2) is 6.96. The van der Waals surface area contributed by atoms with Crippen LogP contribution >= 0.6 is 11.3 Å². The van der Waals surface area contributed by atoms with E-state index in [0.717, 1.165) is 43.8 Å². The van der Waals surface area contributed by atoms with E-state index in [0.29, 0.717) is 13.1 Å². The van der Waals surface area contributed by atoms with Crippen molar-refractivity contribution < 1.29 is 19.4 Å². The van der Waals surface area contributed by atoms with Gasteiger partial charge >= 0.3 is 0 Å². The van der Waals surface area contributed by atoms with E-state index < -0.39 is 0 Å². The first-order chi connectivity index (χ1) is 12.1. The van der Waals surface area contributed by atoms with Crippen molar-refractivity contribution in [3.05, 3.63) is 21.4 Å². The maximum atomic E-state index is 13.0. The Morgan fingerprint density at radius 3 is 3.00 bits per heavy atom. The quantitative estimate of drug-likeness (QED) is 0.821. The van der Waals surface area contributed by atoms with Crippen molar-refractivity contribution in [2.75, 3.05) is 39.4 Å². The summed E-state index contributed by atoms with van der Waals surface area (Å²) in [5.41, 5.74) is 1.02. The normalized spacial score (nSPS) is 28.8. The van der Waals surface area contributed by atoms with Crippen LogP contribution < -0.4 is 5.32 Å². The van der Waals surface area contributed by atoms with Crippen molar-refractivity contribution >= 4 is 17.2 Å². The molecule has 0 saturated carbocycles. The summed E-state index contributed by atoms with van der Waals surface area (Å²) in [6, 6.07) is 2.07. The molecule has 1 amide bonds. The lowest BCUT2D eigenvalue weighted by Crippen LogP contribution is -2.50. The number of carbonyl (C=O) groups excluding carboxylic acids is 1. The first-order valence-electron chi connectivity index (χ1n) is 9.15. The van der Waals surface area contributed by atoms with Crippen LogP contribution in [0.1, 0.15) is 39.9 Å². The van der Waals surface area contributed by atoms with Gasteiger partial charge in [-0.2, -0.15) is 0 Å². The minimum absolute atomic E-state index is 0.0523. The molecule has 0 aliphatic carbocycles. The van der Waals surface area contributed by atoms with Gasteiger partial charge in [0.1, 0.15) is 0 Å². The number of carbonyl (C=O) groups is 1. The standard InChI is InChI=1S/C18H26N2O4S/c1-12-9-20(10-13(11-21)24-12)17(22)16-8-14-15(25-16)2-7-23-18(14)3-5-19-6-4-18/h8,12-13,19,21H,2-7,9-11H2,1H3/t12-,13-/m0/s1. The van der Waals surface area contributed by atoms with Gasteiger partial charge in [0.15, 0.2) is 0 Å². The third kappa shape index (κ3) is 3.24. The summed E-state index contributed by atoms with van der Waals surface area (Å²) in [6.45, 7) is 5.56. The number of rotatable bonds is 2. The lowest BCUT2D eigenvalue weighted by Gasteiger charge is -2.40. The molecule has 6 nitrogen and oxygen atoms in total. The van der Waals surface area contributed by atoms with Gasteiger partial charge in [0.2, 0.25) is 0 Å². The van der Waals surface area contributed by atoms with Crippen LogP contribution in [0.5, 0.6) is 0 Å². The molecule has 3 aliphatic rings. The van der Waals surface area contributed by atoms with Crippen molar-refractivity contribution in [1.29, 1.82) is 0 Å². The van der Waals surface area contributed by atoms with Crippen LogP contribution in [0, 0.1) is 0 Å². The van der Waals surface area contributed by atoms with Crippen molar-refractivity contribution in [1.82, 2.24) is 10.2 Å². The van der Waals surface area contributed by atoms with Gasteiger partial charge in [-0.15, -0.1) is 11.3 Å². The van der Waals surface area contributed by atoms with E-state index in [1.165, 1.54) is 10.4 Å². The molecule has 1 spiro atoms. The van der Waals surface area contributed by atoms with Crippen molar-refractivity contribution in [3.63, 3.8) is 0 Å². The molecule has 1 aromatic heterocycles. The van der Waals surface area contributed by atoms with E-state index in [2.05, 4.69) is 11.4 Å². The van der Waals surface area contributed by atoms with Crippen LogP contribution in [0.15, 0.2) is 6.07 Å². The Morgan fingerprint density at radius 2 is 2.24 bits per heavy atom. The third-order valence-corrected chi connectivity index (χ3v) is 6.63.